The van der Waals surface area contributed by atoms with Crippen LogP contribution in [0.4, 0.5) is 0 Å². The molecule has 0 radical (unpaired) electrons. The molecule has 0 aromatic rings. The fourth-order valence-electron chi connectivity index (χ4n) is 4.14. The van der Waals surface area contributed by atoms with Crippen molar-refractivity contribution in [3.63, 3.8) is 0 Å². The quantitative estimate of drug-likeness (QED) is 0.434. The number of hydrogen-bond acceptors (Lipinski definition) is 5. The Morgan fingerprint density at radius 3 is 2.59 bits per heavy atom. The van der Waals surface area contributed by atoms with Crippen LogP contribution in [0.5, 0.6) is 0 Å². The number of aliphatic hydroxyl groups excluding tert-OH is 1. The van der Waals surface area contributed by atoms with Crippen molar-refractivity contribution in [2.75, 3.05) is 46.5 Å². The first kappa shape index (κ1) is 24.8. The number of rotatable bonds is 7. The molecule has 0 aromatic heterocycles. The van der Waals surface area contributed by atoms with Gasteiger partial charge >= 0.3 is 0 Å². The van der Waals surface area contributed by atoms with Gasteiger partial charge in [0.2, 0.25) is 0 Å². The number of piperidine rings is 1. The first-order valence-corrected chi connectivity index (χ1v) is 10.6. The van der Waals surface area contributed by atoms with E-state index < -0.39 is 0 Å². The zero-order chi connectivity index (χ0) is 19.8. The van der Waals surface area contributed by atoms with Crippen molar-refractivity contribution in [3.8, 4) is 0 Å². The summed E-state index contributed by atoms with van der Waals surface area (Å²) in [4.78, 5) is 0. The summed E-state index contributed by atoms with van der Waals surface area (Å²) in [6.45, 7) is 4.88. The van der Waals surface area contributed by atoms with Gasteiger partial charge in [-0.05, 0) is 74.8 Å². The molecule has 4 aliphatic rings. The molecule has 2 atom stereocenters. The maximum atomic E-state index is 9.14. The van der Waals surface area contributed by atoms with Gasteiger partial charge in [-0.3, -0.25) is 0 Å². The molecule has 0 bridgehead atoms. The van der Waals surface area contributed by atoms with Crippen LogP contribution < -0.4 is 11.1 Å². The van der Waals surface area contributed by atoms with Crippen molar-refractivity contribution in [1.82, 2.24) is 5.32 Å². The minimum atomic E-state index is 0. The Balaban J connectivity index is 0.000000369. The minimum Gasteiger partial charge on any atom is -0.658 e. The molecule has 0 amide bonds. The maximum absolute atomic E-state index is 9.14. The Morgan fingerprint density at radius 2 is 2.00 bits per heavy atom. The van der Waals surface area contributed by atoms with E-state index in [1.165, 1.54) is 12.8 Å². The van der Waals surface area contributed by atoms with Gasteiger partial charge in [0.05, 0.1) is 13.2 Å². The number of nitrogens with one attached hydrogen (secondary N) is 1. The molecule has 0 spiro atoms. The molecule has 2 heterocycles. The van der Waals surface area contributed by atoms with E-state index in [0.717, 1.165) is 62.7 Å². The molecular formula is C22H36N3O3W-. The van der Waals surface area contributed by atoms with Crippen LogP contribution in [0, 0.1) is 11.8 Å². The Labute approximate surface area is 189 Å². The first-order chi connectivity index (χ1) is 13.6. The third-order valence-corrected chi connectivity index (χ3v) is 6.31. The number of hydrogen-bond donors (Lipinski definition) is 3. The van der Waals surface area contributed by atoms with Gasteiger partial charge in [0.1, 0.15) is 5.76 Å². The van der Waals surface area contributed by atoms with Crippen molar-refractivity contribution >= 4 is 0 Å². The third-order valence-electron chi connectivity index (χ3n) is 6.31. The molecule has 1 saturated carbocycles. The van der Waals surface area contributed by atoms with E-state index in [9.17, 15) is 0 Å². The summed E-state index contributed by atoms with van der Waals surface area (Å²) in [6, 6.07) is 0. The number of allylic oxidation sites excluding steroid dienone is 3. The molecule has 2 aliphatic heterocycles. The summed E-state index contributed by atoms with van der Waals surface area (Å²) in [5.41, 5.74) is 7.48. The van der Waals surface area contributed by atoms with Crippen molar-refractivity contribution in [1.29, 1.82) is 0 Å². The SMILES string of the molecule is COC1C[N-]C1.NC1(CCOC2=CCC=C(CO)C=C2)CC1C1CCNCC1.[W]. The van der Waals surface area contributed by atoms with Crippen LogP contribution in [0.1, 0.15) is 32.1 Å². The zero-order valence-electron chi connectivity index (χ0n) is 17.5. The second-order valence-electron chi connectivity index (χ2n) is 8.29. The van der Waals surface area contributed by atoms with E-state index in [4.69, 9.17) is 20.3 Å². The molecule has 7 heteroatoms. The van der Waals surface area contributed by atoms with Crippen molar-refractivity contribution in [2.45, 2.75) is 43.7 Å². The van der Waals surface area contributed by atoms with Crippen LogP contribution in [0.2, 0.25) is 0 Å². The Morgan fingerprint density at radius 1 is 1.24 bits per heavy atom. The standard InChI is InChI=1S/C18H28N2O2.C4H8NO.W/c19-18(12-17(18)15-6-9-20-10-7-15)8-11-22-16-3-1-2-14(13-21)4-5-16;1-6-4-2-5-3-4;/h2-5,15,17,20-21H,1,6-13,19H2;4H,2-3H2,1H3;/q;-1;. The molecule has 3 fully saturated rings. The summed E-state index contributed by atoms with van der Waals surface area (Å²) >= 11 is 0. The number of nitrogens with two attached hydrogens (primary N) is 1. The average Bonchev–Trinajstić information content (AvgIpc) is 3.40. The fourth-order valence-corrected chi connectivity index (χ4v) is 4.14. The number of aliphatic hydroxyl groups is 1. The monoisotopic (exact) mass is 574 g/mol. The Bertz CT molecular complexity index is 583. The smallest absolute Gasteiger partial charge is 0.115 e. The van der Waals surface area contributed by atoms with E-state index in [2.05, 4.69) is 16.7 Å². The van der Waals surface area contributed by atoms with Crippen LogP contribution in [0.25, 0.3) is 5.32 Å². The molecule has 6 nitrogen and oxygen atoms in total. The predicted molar refractivity (Wildman–Crippen MR) is 112 cm³/mol. The Hall–Kier alpha value is -0.492. The van der Waals surface area contributed by atoms with Crippen molar-refractivity contribution < 1.29 is 35.6 Å². The average molecular weight is 574 g/mol. The van der Waals surface area contributed by atoms with Gasteiger partial charge in [-0.2, -0.15) is 0 Å². The predicted octanol–water partition coefficient (Wildman–Crippen LogP) is 2.26. The summed E-state index contributed by atoms with van der Waals surface area (Å²) < 4.78 is 10.8. The van der Waals surface area contributed by atoms with Gasteiger partial charge in [0.25, 0.3) is 0 Å². The topological polar surface area (TPSA) is 90.8 Å². The molecule has 4 rings (SSSR count). The number of methoxy groups -OCH3 is 1. The summed E-state index contributed by atoms with van der Waals surface area (Å²) in [5, 5.41) is 16.5. The summed E-state index contributed by atoms with van der Waals surface area (Å²) in [7, 11) is 1.72. The van der Waals surface area contributed by atoms with Crippen LogP contribution in [-0.4, -0.2) is 63.3 Å². The van der Waals surface area contributed by atoms with Gasteiger partial charge in [-0.15, -0.1) is 13.1 Å². The summed E-state index contributed by atoms with van der Waals surface area (Å²) in [5.74, 6) is 2.39. The van der Waals surface area contributed by atoms with Gasteiger partial charge in [0, 0.05) is 39.8 Å². The molecule has 2 saturated heterocycles. The molecular weight excluding hydrogens is 538 g/mol. The Kier molecular flexibility index (Phi) is 10.6. The van der Waals surface area contributed by atoms with Crippen LogP contribution >= 0.6 is 0 Å². The molecule has 4 N–H and O–H groups in total. The van der Waals surface area contributed by atoms with E-state index >= 15 is 0 Å². The molecule has 164 valence electrons. The largest absolute Gasteiger partial charge is 0.658 e. The minimum absolute atomic E-state index is 0. The molecule has 2 aliphatic carbocycles. The zero-order valence-corrected chi connectivity index (χ0v) is 20.4. The summed E-state index contributed by atoms with van der Waals surface area (Å²) in [6.07, 6.45) is 13.8. The van der Waals surface area contributed by atoms with E-state index in [1.54, 1.807) is 7.11 Å². The van der Waals surface area contributed by atoms with Crippen molar-refractivity contribution in [2.24, 2.45) is 17.6 Å². The molecule has 2 unspecified atom stereocenters. The van der Waals surface area contributed by atoms with Gasteiger partial charge in [0.15, 0.2) is 0 Å². The van der Waals surface area contributed by atoms with Crippen LogP contribution in [0.15, 0.2) is 35.6 Å². The fraction of sp³-hybridized carbons (Fsp3) is 0.727. The van der Waals surface area contributed by atoms with Crippen LogP contribution in [0.3, 0.4) is 0 Å². The normalized spacial score (nSPS) is 29.3. The second kappa shape index (κ2) is 12.4. The first-order valence-electron chi connectivity index (χ1n) is 10.6. The van der Waals surface area contributed by atoms with Crippen LogP contribution in [-0.2, 0) is 30.5 Å². The molecule has 0 aromatic carbocycles. The number of nitrogens with zero attached hydrogens (tertiary/aromatic N) is 1. The van der Waals surface area contributed by atoms with E-state index in [0.29, 0.717) is 18.6 Å². The number of ether oxygens (including phenoxy) is 2. The van der Waals surface area contributed by atoms with Crippen molar-refractivity contribution in [3.05, 3.63) is 41.0 Å². The van der Waals surface area contributed by atoms with Gasteiger partial charge in [-0.25, -0.2) is 0 Å². The maximum Gasteiger partial charge on any atom is 0.115 e. The molecule has 29 heavy (non-hydrogen) atoms. The van der Waals surface area contributed by atoms with E-state index in [1.807, 2.05) is 18.2 Å². The third kappa shape index (κ3) is 7.61. The van der Waals surface area contributed by atoms with Gasteiger partial charge < -0.3 is 30.9 Å². The van der Waals surface area contributed by atoms with Gasteiger partial charge in [-0.1, -0.05) is 12.2 Å². The van der Waals surface area contributed by atoms with E-state index in [-0.39, 0.29) is 33.2 Å². The second-order valence-corrected chi connectivity index (χ2v) is 8.29.